The molecule has 2 nitrogen and oxygen atoms in total. The molecule has 0 saturated carbocycles. The lowest BCUT2D eigenvalue weighted by atomic mass is 10.1. The van der Waals surface area contributed by atoms with Crippen LogP contribution >= 0.6 is 0 Å². The molecule has 0 aliphatic heterocycles. The zero-order chi connectivity index (χ0) is 14.8. The van der Waals surface area contributed by atoms with Crippen LogP contribution in [0.5, 0.6) is 0 Å². The van der Waals surface area contributed by atoms with Crippen LogP contribution in [0, 0.1) is 18.2 Å². The first-order chi connectivity index (χ1) is 9.71. The van der Waals surface area contributed by atoms with Crippen molar-refractivity contribution in [2.75, 3.05) is 19.6 Å². The van der Waals surface area contributed by atoms with Crippen LogP contribution in [0.2, 0.25) is 0 Å². The number of hydrogen-bond donors (Lipinski definition) is 1. The highest BCUT2D eigenvalue weighted by molar-refractivity contribution is 5.25. The summed E-state index contributed by atoms with van der Waals surface area (Å²) in [6.45, 7) is 8.02. The molecule has 0 aliphatic carbocycles. The van der Waals surface area contributed by atoms with Crippen LogP contribution in [-0.4, -0.2) is 24.5 Å². The summed E-state index contributed by atoms with van der Waals surface area (Å²) in [5, 5.41) is 3.33. The zero-order valence-electron chi connectivity index (χ0n) is 12.6. The fraction of sp³-hybridized carbons (Fsp3) is 0.529. The Hall–Kier alpha value is -1.37. The van der Waals surface area contributed by atoms with E-state index in [2.05, 4.69) is 30.0 Å². The summed E-state index contributed by atoms with van der Waals surface area (Å²) in [4.78, 5) is 2.10. The van der Waals surface area contributed by atoms with Gasteiger partial charge in [0.05, 0.1) is 6.54 Å². The summed E-state index contributed by atoms with van der Waals surface area (Å²) in [7, 11) is 0. The maximum Gasteiger partial charge on any atom is 0.127 e. The Labute approximate surface area is 122 Å². The molecule has 0 aromatic heterocycles. The van der Waals surface area contributed by atoms with Gasteiger partial charge in [-0.3, -0.25) is 4.90 Å². The van der Waals surface area contributed by atoms with E-state index in [4.69, 9.17) is 6.42 Å². The lowest BCUT2D eigenvalue weighted by Gasteiger charge is -2.19. The van der Waals surface area contributed by atoms with E-state index in [1.165, 1.54) is 0 Å². The summed E-state index contributed by atoms with van der Waals surface area (Å²) in [6, 6.07) is 5.34. The van der Waals surface area contributed by atoms with Gasteiger partial charge in [-0.2, -0.15) is 0 Å². The molecule has 3 heteroatoms. The SMILES string of the molecule is C#CCN(CCC)Cc1cc(CNCCC)ccc1F. The van der Waals surface area contributed by atoms with Crippen LogP contribution in [0.1, 0.15) is 37.8 Å². The number of hydrogen-bond acceptors (Lipinski definition) is 2. The molecule has 0 bridgehead atoms. The van der Waals surface area contributed by atoms with Gasteiger partial charge < -0.3 is 5.32 Å². The van der Waals surface area contributed by atoms with Gasteiger partial charge in [0.15, 0.2) is 0 Å². The van der Waals surface area contributed by atoms with Gasteiger partial charge in [-0.05, 0) is 37.6 Å². The van der Waals surface area contributed by atoms with Crippen molar-refractivity contribution in [2.45, 2.75) is 39.8 Å². The van der Waals surface area contributed by atoms with Crippen LogP contribution in [-0.2, 0) is 13.1 Å². The first-order valence-electron chi connectivity index (χ1n) is 7.35. The van der Waals surface area contributed by atoms with Crippen molar-refractivity contribution in [3.05, 3.63) is 35.1 Å². The maximum absolute atomic E-state index is 13.9. The largest absolute Gasteiger partial charge is 0.313 e. The Kier molecular flexibility index (Phi) is 7.94. The quantitative estimate of drug-likeness (QED) is 0.550. The fourth-order valence-electron chi connectivity index (χ4n) is 2.17. The predicted octanol–water partition coefficient (Wildman–Crippen LogP) is 3.17. The van der Waals surface area contributed by atoms with Crippen molar-refractivity contribution < 1.29 is 4.39 Å². The monoisotopic (exact) mass is 276 g/mol. The first-order valence-corrected chi connectivity index (χ1v) is 7.35. The third kappa shape index (κ3) is 5.73. The summed E-state index contributed by atoms with van der Waals surface area (Å²) in [5.41, 5.74) is 1.84. The Morgan fingerprint density at radius 3 is 2.75 bits per heavy atom. The van der Waals surface area contributed by atoms with E-state index in [0.29, 0.717) is 13.1 Å². The molecule has 0 spiro atoms. The van der Waals surface area contributed by atoms with E-state index in [0.717, 1.165) is 43.6 Å². The molecule has 0 aliphatic rings. The van der Waals surface area contributed by atoms with Crippen LogP contribution in [0.4, 0.5) is 4.39 Å². The molecule has 0 unspecified atom stereocenters. The second-order valence-electron chi connectivity index (χ2n) is 5.02. The topological polar surface area (TPSA) is 15.3 Å². The highest BCUT2D eigenvalue weighted by atomic mass is 19.1. The number of terminal acetylenes is 1. The standard InChI is InChI=1S/C17H25FN2/c1-4-9-19-13-15-7-8-17(18)16(12-15)14-20(10-5-2)11-6-3/h2,7-8,12,19H,4,6,9-11,13-14H2,1,3H3. The molecular formula is C17H25FN2. The minimum absolute atomic E-state index is 0.151. The van der Waals surface area contributed by atoms with Crippen molar-refractivity contribution in [1.82, 2.24) is 10.2 Å². The number of rotatable bonds is 9. The Bertz CT molecular complexity index is 437. The highest BCUT2D eigenvalue weighted by Crippen LogP contribution is 2.13. The van der Waals surface area contributed by atoms with Crippen LogP contribution in [0.15, 0.2) is 18.2 Å². The number of nitrogens with one attached hydrogen (secondary N) is 1. The van der Waals surface area contributed by atoms with E-state index in [9.17, 15) is 4.39 Å². The second kappa shape index (κ2) is 9.52. The molecule has 110 valence electrons. The normalized spacial score (nSPS) is 10.8. The summed E-state index contributed by atoms with van der Waals surface area (Å²) in [6.07, 6.45) is 7.48. The van der Waals surface area contributed by atoms with Crippen LogP contribution in [0.25, 0.3) is 0 Å². The Balaban J connectivity index is 2.71. The molecule has 0 saturated heterocycles. The number of nitrogens with zero attached hydrogens (tertiary/aromatic N) is 1. The van der Waals surface area contributed by atoms with Gasteiger partial charge >= 0.3 is 0 Å². The fourth-order valence-corrected chi connectivity index (χ4v) is 2.17. The first kappa shape index (κ1) is 16.7. The molecule has 1 rings (SSSR count). The van der Waals surface area contributed by atoms with Crippen LogP contribution < -0.4 is 5.32 Å². The molecule has 20 heavy (non-hydrogen) atoms. The molecule has 1 N–H and O–H groups in total. The molecule has 0 amide bonds. The van der Waals surface area contributed by atoms with Gasteiger partial charge in [0.1, 0.15) is 5.82 Å². The summed E-state index contributed by atoms with van der Waals surface area (Å²) in [5.74, 6) is 2.49. The van der Waals surface area contributed by atoms with E-state index < -0.39 is 0 Å². The van der Waals surface area contributed by atoms with Crippen molar-refractivity contribution >= 4 is 0 Å². The van der Waals surface area contributed by atoms with Crippen molar-refractivity contribution in [3.8, 4) is 12.3 Å². The lowest BCUT2D eigenvalue weighted by molar-refractivity contribution is 0.295. The Morgan fingerprint density at radius 1 is 1.30 bits per heavy atom. The van der Waals surface area contributed by atoms with Gasteiger partial charge in [0.25, 0.3) is 0 Å². The predicted molar refractivity (Wildman–Crippen MR) is 82.8 cm³/mol. The molecule has 0 radical (unpaired) electrons. The van der Waals surface area contributed by atoms with Gasteiger partial charge in [0.2, 0.25) is 0 Å². The maximum atomic E-state index is 13.9. The average molecular weight is 276 g/mol. The Morgan fingerprint density at radius 2 is 2.10 bits per heavy atom. The zero-order valence-corrected chi connectivity index (χ0v) is 12.6. The third-order valence-corrected chi connectivity index (χ3v) is 3.11. The second-order valence-corrected chi connectivity index (χ2v) is 5.02. The van der Waals surface area contributed by atoms with Crippen molar-refractivity contribution in [1.29, 1.82) is 0 Å². The third-order valence-electron chi connectivity index (χ3n) is 3.11. The minimum Gasteiger partial charge on any atom is -0.313 e. The molecule has 0 atom stereocenters. The van der Waals surface area contributed by atoms with E-state index in [1.807, 2.05) is 12.1 Å². The van der Waals surface area contributed by atoms with Crippen molar-refractivity contribution in [3.63, 3.8) is 0 Å². The van der Waals surface area contributed by atoms with Crippen molar-refractivity contribution in [2.24, 2.45) is 0 Å². The summed E-state index contributed by atoms with van der Waals surface area (Å²) >= 11 is 0. The molecule has 0 fully saturated rings. The van der Waals surface area contributed by atoms with Gasteiger partial charge in [0, 0.05) is 18.7 Å². The van der Waals surface area contributed by atoms with E-state index in [-0.39, 0.29) is 5.82 Å². The number of halogens is 1. The summed E-state index contributed by atoms with van der Waals surface area (Å²) < 4.78 is 13.9. The number of benzene rings is 1. The van der Waals surface area contributed by atoms with E-state index >= 15 is 0 Å². The highest BCUT2D eigenvalue weighted by Gasteiger charge is 2.09. The molecular weight excluding hydrogens is 251 g/mol. The van der Waals surface area contributed by atoms with Gasteiger partial charge in [-0.1, -0.05) is 31.9 Å². The van der Waals surface area contributed by atoms with Gasteiger partial charge in [-0.15, -0.1) is 6.42 Å². The van der Waals surface area contributed by atoms with Crippen LogP contribution in [0.3, 0.4) is 0 Å². The smallest absolute Gasteiger partial charge is 0.127 e. The van der Waals surface area contributed by atoms with Gasteiger partial charge in [-0.25, -0.2) is 4.39 Å². The average Bonchev–Trinajstić information content (AvgIpc) is 2.43. The van der Waals surface area contributed by atoms with E-state index in [1.54, 1.807) is 6.07 Å². The molecule has 1 aromatic carbocycles. The lowest BCUT2D eigenvalue weighted by Crippen LogP contribution is -2.25. The molecule has 1 aromatic rings. The minimum atomic E-state index is -0.151. The molecule has 0 heterocycles.